The highest BCUT2D eigenvalue weighted by atomic mass is 35.5. The fraction of sp³-hybridized carbons (Fsp3) is 0.250. The van der Waals surface area contributed by atoms with Crippen LogP contribution in [-0.4, -0.2) is 40.2 Å². The molecule has 7 heteroatoms. The lowest BCUT2D eigenvalue weighted by Gasteiger charge is -2.37. The number of para-hydroxylation sites is 1. The SMILES string of the molecule is O=C(Cn1ncc(=O)c2ccccc21)N1CCNCC1c1ccccc1Cl. The van der Waals surface area contributed by atoms with E-state index in [1.807, 2.05) is 35.2 Å². The van der Waals surface area contributed by atoms with Crippen LogP contribution in [0.25, 0.3) is 10.9 Å². The molecule has 0 radical (unpaired) electrons. The number of nitrogens with zero attached hydrogens (tertiary/aromatic N) is 3. The maximum absolute atomic E-state index is 13.1. The van der Waals surface area contributed by atoms with E-state index in [9.17, 15) is 9.59 Å². The highest BCUT2D eigenvalue weighted by Crippen LogP contribution is 2.28. The molecule has 0 bridgehead atoms. The highest BCUT2D eigenvalue weighted by molar-refractivity contribution is 6.31. The monoisotopic (exact) mass is 382 g/mol. The number of piperazine rings is 1. The van der Waals surface area contributed by atoms with Crippen LogP contribution in [0.3, 0.4) is 0 Å². The maximum atomic E-state index is 13.1. The second-order valence-electron chi connectivity index (χ2n) is 6.51. The van der Waals surface area contributed by atoms with Gasteiger partial charge in [-0.2, -0.15) is 5.10 Å². The Hall–Kier alpha value is -2.70. The summed E-state index contributed by atoms with van der Waals surface area (Å²) in [6, 6.07) is 14.7. The predicted octanol–water partition coefficient (Wildman–Crippen LogP) is 2.22. The normalized spacial score (nSPS) is 17.2. The van der Waals surface area contributed by atoms with Gasteiger partial charge in [-0.15, -0.1) is 0 Å². The molecule has 1 N–H and O–H groups in total. The largest absolute Gasteiger partial charge is 0.331 e. The molecule has 3 aromatic rings. The molecule has 0 spiro atoms. The Bertz CT molecular complexity index is 1050. The summed E-state index contributed by atoms with van der Waals surface area (Å²) in [5.74, 6) is -0.0530. The van der Waals surface area contributed by atoms with Crippen LogP contribution in [0, 0.1) is 0 Å². The van der Waals surface area contributed by atoms with E-state index in [1.54, 1.807) is 22.9 Å². The molecule has 1 aliphatic rings. The van der Waals surface area contributed by atoms with Crippen molar-refractivity contribution < 1.29 is 4.79 Å². The minimum absolute atomic E-state index is 0.0530. The molecule has 6 nitrogen and oxygen atoms in total. The topological polar surface area (TPSA) is 67.2 Å². The molecular formula is C20H19ClN4O2. The summed E-state index contributed by atoms with van der Waals surface area (Å²) in [6.45, 7) is 2.04. The maximum Gasteiger partial charge on any atom is 0.244 e. The smallest absolute Gasteiger partial charge is 0.244 e. The van der Waals surface area contributed by atoms with Crippen molar-refractivity contribution >= 4 is 28.4 Å². The second-order valence-corrected chi connectivity index (χ2v) is 6.92. The van der Waals surface area contributed by atoms with E-state index in [0.29, 0.717) is 29.0 Å². The molecule has 0 aliphatic carbocycles. The zero-order chi connectivity index (χ0) is 18.8. The third kappa shape index (κ3) is 3.46. The number of amides is 1. The molecule has 1 fully saturated rings. The molecule has 1 unspecified atom stereocenters. The van der Waals surface area contributed by atoms with Crippen molar-refractivity contribution in [3.8, 4) is 0 Å². The number of benzene rings is 2. The Kier molecular flexibility index (Phi) is 4.92. The van der Waals surface area contributed by atoms with Gasteiger partial charge < -0.3 is 10.2 Å². The van der Waals surface area contributed by atoms with Crippen LogP contribution in [0.1, 0.15) is 11.6 Å². The Morgan fingerprint density at radius 1 is 1.19 bits per heavy atom. The first kappa shape index (κ1) is 17.7. The predicted molar refractivity (Wildman–Crippen MR) is 105 cm³/mol. The number of carbonyl (C=O) groups excluding carboxylic acids is 1. The van der Waals surface area contributed by atoms with Gasteiger partial charge in [-0.1, -0.05) is 41.9 Å². The average Bonchev–Trinajstić information content (AvgIpc) is 2.71. The molecule has 1 amide bonds. The minimum atomic E-state index is -0.148. The zero-order valence-electron chi connectivity index (χ0n) is 14.6. The van der Waals surface area contributed by atoms with E-state index in [0.717, 1.165) is 12.1 Å². The Labute approximate surface area is 161 Å². The van der Waals surface area contributed by atoms with Crippen LogP contribution in [0.15, 0.2) is 59.5 Å². The van der Waals surface area contributed by atoms with Crippen LogP contribution in [0.5, 0.6) is 0 Å². The summed E-state index contributed by atoms with van der Waals surface area (Å²) in [4.78, 5) is 26.9. The van der Waals surface area contributed by atoms with Gasteiger partial charge in [-0.3, -0.25) is 14.3 Å². The highest BCUT2D eigenvalue weighted by Gasteiger charge is 2.29. The van der Waals surface area contributed by atoms with Crippen molar-refractivity contribution in [2.45, 2.75) is 12.6 Å². The second kappa shape index (κ2) is 7.50. The van der Waals surface area contributed by atoms with Crippen molar-refractivity contribution in [3.63, 3.8) is 0 Å². The number of fused-ring (bicyclic) bond motifs is 1. The third-order valence-corrected chi connectivity index (χ3v) is 5.22. The first-order valence-electron chi connectivity index (χ1n) is 8.84. The lowest BCUT2D eigenvalue weighted by atomic mass is 10.0. The van der Waals surface area contributed by atoms with E-state index in [4.69, 9.17) is 11.6 Å². The van der Waals surface area contributed by atoms with Gasteiger partial charge in [0, 0.05) is 30.0 Å². The van der Waals surface area contributed by atoms with Gasteiger partial charge >= 0.3 is 0 Å². The van der Waals surface area contributed by atoms with Crippen LogP contribution in [-0.2, 0) is 11.3 Å². The molecule has 4 rings (SSSR count). The van der Waals surface area contributed by atoms with Crippen LogP contribution < -0.4 is 10.7 Å². The van der Waals surface area contributed by atoms with Crippen LogP contribution in [0.4, 0.5) is 0 Å². The molecule has 0 saturated carbocycles. The number of rotatable bonds is 3. The number of hydrogen-bond acceptors (Lipinski definition) is 4. The summed E-state index contributed by atoms with van der Waals surface area (Å²) in [5, 5.41) is 8.71. The lowest BCUT2D eigenvalue weighted by molar-refractivity contribution is -0.135. The van der Waals surface area contributed by atoms with Gasteiger partial charge in [-0.05, 0) is 23.8 Å². The van der Waals surface area contributed by atoms with E-state index in [1.165, 1.54) is 6.20 Å². The van der Waals surface area contributed by atoms with Gasteiger partial charge in [0.2, 0.25) is 11.3 Å². The minimum Gasteiger partial charge on any atom is -0.331 e. The number of hydrogen-bond donors (Lipinski definition) is 1. The van der Waals surface area contributed by atoms with Crippen molar-refractivity contribution in [1.82, 2.24) is 20.0 Å². The number of carbonyl (C=O) groups is 1. The Balaban J connectivity index is 1.65. The van der Waals surface area contributed by atoms with Gasteiger partial charge in [0.05, 0.1) is 17.8 Å². The molecule has 1 saturated heterocycles. The number of aromatic nitrogens is 2. The number of halogens is 1. The fourth-order valence-electron chi connectivity index (χ4n) is 3.53. The standard InChI is InChI=1S/C20H19ClN4O2/c21-16-7-3-1-5-14(16)18-11-22-9-10-24(18)20(27)13-25-17-8-4-2-6-15(17)19(26)12-23-25/h1-8,12,18,22H,9-11,13H2. The molecule has 2 aromatic carbocycles. The van der Waals surface area contributed by atoms with Gasteiger partial charge in [0.1, 0.15) is 6.54 Å². The van der Waals surface area contributed by atoms with Gasteiger partial charge in [-0.25, -0.2) is 0 Å². The van der Waals surface area contributed by atoms with Crippen molar-refractivity contribution in [2.75, 3.05) is 19.6 Å². The molecule has 1 aromatic heterocycles. The van der Waals surface area contributed by atoms with E-state index in [2.05, 4.69) is 10.4 Å². The average molecular weight is 383 g/mol. The summed E-state index contributed by atoms with van der Waals surface area (Å²) < 4.78 is 1.59. The lowest BCUT2D eigenvalue weighted by Crippen LogP contribution is -2.49. The fourth-order valence-corrected chi connectivity index (χ4v) is 3.79. The van der Waals surface area contributed by atoms with E-state index < -0.39 is 0 Å². The first-order valence-corrected chi connectivity index (χ1v) is 9.22. The molecule has 2 heterocycles. The molecule has 1 atom stereocenters. The summed E-state index contributed by atoms with van der Waals surface area (Å²) in [7, 11) is 0. The van der Waals surface area contributed by atoms with Gasteiger partial charge in [0.25, 0.3) is 0 Å². The Morgan fingerprint density at radius 3 is 2.81 bits per heavy atom. The van der Waals surface area contributed by atoms with E-state index in [-0.39, 0.29) is 23.9 Å². The Morgan fingerprint density at radius 2 is 1.96 bits per heavy atom. The van der Waals surface area contributed by atoms with Crippen LogP contribution in [0.2, 0.25) is 5.02 Å². The van der Waals surface area contributed by atoms with Crippen LogP contribution >= 0.6 is 11.6 Å². The van der Waals surface area contributed by atoms with Crippen molar-refractivity contribution in [2.24, 2.45) is 0 Å². The van der Waals surface area contributed by atoms with E-state index >= 15 is 0 Å². The molecule has 27 heavy (non-hydrogen) atoms. The molecular weight excluding hydrogens is 364 g/mol. The summed E-state index contributed by atoms with van der Waals surface area (Å²) >= 11 is 6.37. The van der Waals surface area contributed by atoms with Crippen molar-refractivity contribution in [3.05, 3.63) is 75.5 Å². The molecule has 1 aliphatic heterocycles. The summed E-state index contributed by atoms with van der Waals surface area (Å²) in [5.41, 5.74) is 1.44. The summed E-state index contributed by atoms with van der Waals surface area (Å²) in [6.07, 6.45) is 1.26. The third-order valence-electron chi connectivity index (χ3n) is 4.87. The first-order chi connectivity index (χ1) is 13.1. The van der Waals surface area contributed by atoms with Crippen molar-refractivity contribution in [1.29, 1.82) is 0 Å². The number of nitrogens with one attached hydrogen (secondary N) is 1. The molecule has 138 valence electrons. The zero-order valence-corrected chi connectivity index (χ0v) is 15.4. The quantitative estimate of drug-likeness (QED) is 0.754. The van der Waals surface area contributed by atoms with Gasteiger partial charge in [0.15, 0.2) is 0 Å².